The Morgan fingerprint density at radius 3 is 2.25 bits per heavy atom. The number of carboxylic acids is 1. The average Bonchev–Trinajstić information content (AvgIpc) is 2.14. The van der Waals surface area contributed by atoms with Gasteiger partial charge in [0.15, 0.2) is 6.04 Å². The van der Waals surface area contributed by atoms with Gasteiger partial charge in [0.25, 0.3) is 0 Å². The van der Waals surface area contributed by atoms with Crippen LogP contribution < -0.4 is 11.1 Å². The predicted octanol–water partition coefficient (Wildman–Crippen LogP) is -0.424. The van der Waals surface area contributed by atoms with Crippen molar-refractivity contribution in [1.82, 2.24) is 5.32 Å². The van der Waals surface area contributed by atoms with Gasteiger partial charge >= 0.3 is 5.97 Å². The molecule has 2 unspecified atom stereocenters. The van der Waals surface area contributed by atoms with Crippen LogP contribution in [-0.4, -0.2) is 42.8 Å². The Labute approximate surface area is 95.1 Å². The zero-order valence-electron chi connectivity index (χ0n) is 10.1. The third-order valence-electron chi connectivity index (χ3n) is 2.16. The predicted molar refractivity (Wildman–Crippen MR) is 58.9 cm³/mol. The minimum atomic E-state index is -1.14. The largest absolute Gasteiger partial charge is 0.480 e. The molecule has 1 amide bonds. The molecule has 0 aromatic rings. The Morgan fingerprint density at radius 1 is 1.44 bits per heavy atom. The first-order valence-electron chi connectivity index (χ1n) is 4.98. The summed E-state index contributed by atoms with van der Waals surface area (Å²) < 4.78 is 4.70. The lowest BCUT2D eigenvalue weighted by atomic mass is 9.87. The van der Waals surface area contributed by atoms with Crippen LogP contribution in [0.3, 0.4) is 0 Å². The smallest absolute Gasteiger partial charge is 0.328 e. The van der Waals surface area contributed by atoms with Gasteiger partial charge in [0.05, 0.1) is 12.6 Å². The van der Waals surface area contributed by atoms with Gasteiger partial charge in [-0.15, -0.1) is 0 Å². The zero-order chi connectivity index (χ0) is 12.9. The number of hydrogen-bond donors (Lipinski definition) is 3. The van der Waals surface area contributed by atoms with Crippen molar-refractivity contribution < 1.29 is 19.4 Å². The standard InChI is InChI=1S/C10H20N2O4/c1-10(2,3)7(11)8(13)12-6(5-16-4)9(14)15/h6-7H,5,11H2,1-4H3,(H,12,13)(H,14,15). The Bertz CT molecular complexity index is 260. The van der Waals surface area contributed by atoms with Crippen molar-refractivity contribution in [2.45, 2.75) is 32.9 Å². The van der Waals surface area contributed by atoms with Crippen LogP contribution in [0, 0.1) is 5.41 Å². The molecule has 0 aliphatic heterocycles. The molecule has 0 saturated heterocycles. The summed E-state index contributed by atoms with van der Waals surface area (Å²) in [6.45, 7) is 5.34. The molecule has 94 valence electrons. The molecule has 6 heteroatoms. The Balaban J connectivity index is 4.46. The Hall–Kier alpha value is -1.14. The fraction of sp³-hybridized carbons (Fsp3) is 0.800. The van der Waals surface area contributed by atoms with Crippen LogP contribution in [-0.2, 0) is 14.3 Å². The van der Waals surface area contributed by atoms with Gasteiger partial charge in [0.1, 0.15) is 0 Å². The molecular formula is C10H20N2O4. The highest BCUT2D eigenvalue weighted by Crippen LogP contribution is 2.17. The molecule has 0 heterocycles. The first kappa shape index (κ1) is 14.9. The van der Waals surface area contributed by atoms with E-state index in [1.165, 1.54) is 7.11 Å². The fourth-order valence-electron chi connectivity index (χ4n) is 0.996. The third kappa shape index (κ3) is 4.59. The summed E-state index contributed by atoms with van der Waals surface area (Å²) in [6.07, 6.45) is 0. The highest BCUT2D eigenvalue weighted by Gasteiger charge is 2.30. The average molecular weight is 232 g/mol. The topological polar surface area (TPSA) is 102 Å². The van der Waals surface area contributed by atoms with Gasteiger partial charge in [-0.3, -0.25) is 4.79 Å². The number of carbonyl (C=O) groups excluding carboxylic acids is 1. The molecule has 2 atom stereocenters. The molecule has 4 N–H and O–H groups in total. The van der Waals surface area contributed by atoms with E-state index in [9.17, 15) is 9.59 Å². The van der Waals surface area contributed by atoms with Gasteiger partial charge in [0, 0.05) is 7.11 Å². The number of methoxy groups -OCH3 is 1. The molecule has 0 radical (unpaired) electrons. The van der Waals surface area contributed by atoms with Crippen molar-refractivity contribution >= 4 is 11.9 Å². The Kier molecular flexibility index (Phi) is 5.40. The molecule has 0 spiro atoms. The van der Waals surface area contributed by atoms with Gasteiger partial charge in [-0.05, 0) is 5.41 Å². The van der Waals surface area contributed by atoms with E-state index in [1.807, 2.05) is 20.8 Å². The number of aliphatic carboxylic acids is 1. The van der Waals surface area contributed by atoms with Gasteiger partial charge in [0.2, 0.25) is 5.91 Å². The van der Waals surface area contributed by atoms with Crippen molar-refractivity contribution in [3.63, 3.8) is 0 Å². The molecular weight excluding hydrogens is 212 g/mol. The van der Waals surface area contributed by atoms with Crippen LogP contribution in [0.25, 0.3) is 0 Å². The van der Waals surface area contributed by atoms with E-state index in [2.05, 4.69) is 5.32 Å². The SMILES string of the molecule is COCC(NC(=O)C(N)C(C)(C)C)C(=O)O. The summed E-state index contributed by atoms with van der Waals surface area (Å²) in [4.78, 5) is 22.4. The number of nitrogens with two attached hydrogens (primary N) is 1. The maximum atomic E-state index is 11.6. The van der Waals surface area contributed by atoms with Crippen LogP contribution in [0.15, 0.2) is 0 Å². The summed E-state index contributed by atoms with van der Waals surface area (Å²) >= 11 is 0. The molecule has 0 aromatic heterocycles. The van der Waals surface area contributed by atoms with Crippen molar-refractivity contribution in [3.05, 3.63) is 0 Å². The maximum Gasteiger partial charge on any atom is 0.328 e. The van der Waals surface area contributed by atoms with E-state index < -0.39 is 29.4 Å². The van der Waals surface area contributed by atoms with Crippen LogP contribution in [0.4, 0.5) is 0 Å². The van der Waals surface area contributed by atoms with Crippen LogP contribution in [0.5, 0.6) is 0 Å². The lowest BCUT2D eigenvalue weighted by Crippen LogP contribution is -2.54. The number of amides is 1. The summed E-state index contributed by atoms with van der Waals surface area (Å²) in [7, 11) is 1.37. The summed E-state index contributed by atoms with van der Waals surface area (Å²) in [5, 5.41) is 11.1. The van der Waals surface area contributed by atoms with E-state index >= 15 is 0 Å². The second kappa shape index (κ2) is 5.81. The van der Waals surface area contributed by atoms with Crippen LogP contribution >= 0.6 is 0 Å². The molecule has 0 aromatic carbocycles. The molecule has 0 fully saturated rings. The minimum Gasteiger partial charge on any atom is -0.480 e. The van der Waals surface area contributed by atoms with E-state index in [-0.39, 0.29) is 6.61 Å². The van der Waals surface area contributed by atoms with Crippen molar-refractivity contribution in [2.24, 2.45) is 11.1 Å². The molecule has 0 aliphatic carbocycles. The van der Waals surface area contributed by atoms with Gasteiger partial charge < -0.3 is 20.9 Å². The van der Waals surface area contributed by atoms with Crippen molar-refractivity contribution in [3.8, 4) is 0 Å². The Morgan fingerprint density at radius 2 is 1.94 bits per heavy atom. The van der Waals surface area contributed by atoms with E-state index in [1.54, 1.807) is 0 Å². The first-order chi connectivity index (χ1) is 7.20. The minimum absolute atomic E-state index is 0.0854. The molecule has 0 bridgehead atoms. The summed E-state index contributed by atoms with van der Waals surface area (Å²) in [5.41, 5.74) is 5.28. The highest BCUT2D eigenvalue weighted by molar-refractivity contribution is 5.87. The second-order valence-electron chi connectivity index (χ2n) is 4.70. The van der Waals surface area contributed by atoms with E-state index in [0.29, 0.717) is 0 Å². The molecule has 0 aliphatic rings. The van der Waals surface area contributed by atoms with Gasteiger partial charge in [-0.25, -0.2) is 4.79 Å². The van der Waals surface area contributed by atoms with Gasteiger partial charge in [-0.2, -0.15) is 0 Å². The van der Waals surface area contributed by atoms with Crippen LogP contribution in [0.1, 0.15) is 20.8 Å². The lowest BCUT2D eigenvalue weighted by molar-refractivity contribution is -0.143. The van der Waals surface area contributed by atoms with E-state index in [0.717, 1.165) is 0 Å². The van der Waals surface area contributed by atoms with Crippen molar-refractivity contribution in [2.75, 3.05) is 13.7 Å². The fourth-order valence-corrected chi connectivity index (χ4v) is 0.996. The number of nitrogens with one attached hydrogen (secondary N) is 1. The number of carboxylic acid groups (broad SMARTS) is 1. The summed E-state index contributed by atoms with van der Waals surface area (Å²) in [6, 6.07) is -1.82. The van der Waals surface area contributed by atoms with Crippen LogP contribution in [0.2, 0.25) is 0 Å². The second-order valence-corrected chi connectivity index (χ2v) is 4.70. The number of carbonyl (C=O) groups is 2. The molecule has 0 saturated carbocycles. The number of hydrogen-bond acceptors (Lipinski definition) is 4. The monoisotopic (exact) mass is 232 g/mol. The van der Waals surface area contributed by atoms with Gasteiger partial charge in [-0.1, -0.05) is 20.8 Å². The van der Waals surface area contributed by atoms with Crippen molar-refractivity contribution in [1.29, 1.82) is 0 Å². The highest BCUT2D eigenvalue weighted by atomic mass is 16.5. The normalized spacial score (nSPS) is 15.3. The maximum absolute atomic E-state index is 11.6. The third-order valence-corrected chi connectivity index (χ3v) is 2.16. The number of rotatable bonds is 5. The molecule has 6 nitrogen and oxygen atoms in total. The quantitative estimate of drug-likeness (QED) is 0.597. The number of ether oxygens (including phenoxy) is 1. The zero-order valence-corrected chi connectivity index (χ0v) is 10.1. The molecule has 0 rings (SSSR count). The van der Waals surface area contributed by atoms with E-state index in [4.69, 9.17) is 15.6 Å². The summed E-state index contributed by atoms with van der Waals surface area (Å²) in [5.74, 6) is -1.63. The lowest BCUT2D eigenvalue weighted by Gasteiger charge is -2.27. The molecule has 16 heavy (non-hydrogen) atoms. The first-order valence-corrected chi connectivity index (χ1v) is 4.98.